The smallest absolute Gasteiger partial charge is 0.312 e. The van der Waals surface area contributed by atoms with Crippen LogP contribution in [0, 0.1) is 5.92 Å². The Morgan fingerprint density at radius 3 is 2.52 bits per heavy atom. The van der Waals surface area contributed by atoms with E-state index in [1.807, 2.05) is 25.1 Å². The summed E-state index contributed by atoms with van der Waals surface area (Å²) in [5.41, 5.74) is 3.42. The van der Waals surface area contributed by atoms with Crippen molar-refractivity contribution < 1.29 is 9.53 Å². The third-order valence-electron chi connectivity index (χ3n) is 3.84. The molecule has 1 unspecified atom stereocenters. The first kappa shape index (κ1) is 19.0. The van der Waals surface area contributed by atoms with Crippen LogP contribution in [0.15, 0.2) is 60.2 Å². The van der Waals surface area contributed by atoms with E-state index in [-0.39, 0.29) is 11.9 Å². The van der Waals surface area contributed by atoms with E-state index in [0.717, 1.165) is 31.3 Å². The predicted octanol–water partition coefficient (Wildman–Crippen LogP) is 5.57. The fourth-order valence-electron chi connectivity index (χ4n) is 2.39. The molecular weight excluding hydrogens is 284 g/mol. The molecule has 0 aliphatic heterocycles. The fourth-order valence-corrected chi connectivity index (χ4v) is 2.39. The summed E-state index contributed by atoms with van der Waals surface area (Å²) in [4.78, 5) is 11.7. The fraction of sp³-hybridized carbons (Fsp3) is 0.381. The van der Waals surface area contributed by atoms with Gasteiger partial charge in [0, 0.05) is 0 Å². The van der Waals surface area contributed by atoms with E-state index in [2.05, 4.69) is 43.9 Å². The van der Waals surface area contributed by atoms with Crippen molar-refractivity contribution in [1.82, 2.24) is 0 Å². The average molecular weight is 312 g/mol. The largest absolute Gasteiger partial charge is 0.469 e. The summed E-state index contributed by atoms with van der Waals surface area (Å²) in [5.74, 6) is -0.377. The van der Waals surface area contributed by atoms with Gasteiger partial charge < -0.3 is 4.74 Å². The molecule has 0 N–H and O–H groups in total. The number of carbonyl (C=O) groups excluding carboxylic acids is 1. The molecule has 0 aromatic heterocycles. The third-order valence-corrected chi connectivity index (χ3v) is 3.84. The Bertz CT molecular complexity index is 552. The number of allylic oxidation sites excluding steroid dienone is 3. The molecule has 1 aromatic carbocycles. The predicted molar refractivity (Wildman–Crippen MR) is 98.0 cm³/mol. The number of ether oxygens (including phenoxy) is 1. The van der Waals surface area contributed by atoms with Crippen molar-refractivity contribution in [3.05, 3.63) is 65.8 Å². The van der Waals surface area contributed by atoms with Crippen LogP contribution < -0.4 is 0 Å². The lowest BCUT2D eigenvalue weighted by Crippen LogP contribution is -2.17. The van der Waals surface area contributed by atoms with E-state index >= 15 is 0 Å². The Morgan fingerprint density at radius 1 is 1.22 bits per heavy atom. The summed E-state index contributed by atoms with van der Waals surface area (Å²) in [7, 11) is 1.43. The number of unbranched alkanes of at least 4 members (excludes halogenated alkanes) is 1. The van der Waals surface area contributed by atoms with Crippen LogP contribution in [0.3, 0.4) is 0 Å². The molecule has 0 radical (unpaired) electrons. The topological polar surface area (TPSA) is 26.3 Å². The molecule has 0 heterocycles. The van der Waals surface area contributed by atoms with Crippen molar-refractivity contribution in [2.45, 2.75) is 39.5 Å². The number of esters is 1. The van der Waals surface area contributed by atoms with Crippen LogP contribution in [0.5, 0.6) is 0 Å². The summed E-state index contributed by atoms with van der Waals surface area (Å²) >= 11 is 0. The van der Waals surface area contributed by atoms with Crippen molar-refractivity contribution in [3.63, 3.8) is 0 Å². The Balaban J connectivity index is 2.35. The highest BCUT2D eigenvalue weighted by molar-refractivity contribution is 5.75. The standard InChI is InChI=1S/C21H28O2/c1-17(2)20(21(22)23-4)16-15-18(3)11-7-5-8-12-19-13-9-6-10-14-19/h6,8-14,20H,1,5,7,15-16H2,2-4H3/b12-8+,18-11+. The lowest BCUT2D eigenvalue weighted by Gasteiger charge is -2.14. The Labute approximate surface area is 140 Å². The molecule has 0 amide bonds. The summed E-state index contributed by atoms with van der Waals surface area (Å²) in [5, 5.41) is 0. The minimum Gasteiger partial charge on any atom is -0.469 e. The Kier molecular flexibility index (Phi) is 8.74. The molecule has 124 valence electrons. The van der Waals surface area contributed by atoms with Gasteiger partial charge in [0.2, 0.25) is 0 Å². The van der Waals surface area contributed by atoms with Gasteiger partial charge in [-0.3, -0.25) is 4.79 Å². The Morgan fingerprint density at radius 2 is 1.91 bits per heavy atom. The molecule has 0 aliphatic carbocycles. The van der Waals surface area contributed by atoms with E-state index in [1.54, 1.807) is 0 Å². The van der Waals surface area contributed by atoms with E-state index in [4.69, 9.17) is 4.74 Å². The number of rotatable bonds is 9. The lowest BCUT2D eigenvalue weighted by molar-refractivity contribution is -0.144. The van der Waals surface area contributed by atoms with Crippen molar-refractivity contribution in [1.29, 1.82) is 0 Å². The molecule has 2 heteroatoms. The molecule has 23 heavy (non-hydrogen) atoms. The summed E-state index contributed by atoms with van der Waals surface area (Å²) in [6.45, 7) is 7.89. The average Bonchev–Trinajstić information content (AvgIpc) is 2.55. The minimum absolute atomic E-state index is 0.184. The van der Waals surface area contributed by atoms with Gasteiger partial charge in [0.25, 0.3) is 0 Å². The molecular formula is C21H28O2. The molecule has 0 spiro atoms. The maximum Gasteiger partial charge on any atom is 0.312 e. The lowest BCUT2D eigenvalue weighted by atomic mass is 9.94. The van der Waals surface area contributed by atoms with Crippen LogP contribution in [0.25, 0.3) is 6.08 Å². The van der Waals surface area contributed by atoms with Crippen molar-refractivity contribution in [3.8, 4) is 0 Å². The zero-order valence-electron chi connectivity index (χ0n) is 14.5. The molecule has 0 fully saturated rings. The first-order valence-electron chi connectivity index (χ1n) is 8.15. The first-order chi connectivity index (χ1) is 11.0. The van der Waals surface area contributed by atoms with Crippen molar-refractivity contribution in [2.24, 2.45) is 5.92 Å². The molecule has 2 nitrogen and oxygen atoms in total. The zero-order chi connectivity index (χ0) is 17.1. The highest BCUT2D eigenvalue weighted by Gasteiger charge is 2.19. The number of methoxy groups -OCH3 is 1. The van der Waals surface area contributed by atoms with Gasteiger partial charge in [-0.2, -0.15) is 0 Å². The van der Waals surface area contributed by atoms with E-state index in [9.17, 15) is 4.79 Å². The van der Waals surface area contributed by atoms with Gasteiger partial charge in [-0.15, -0.1) is 0 Å². The maximum absolute atomic E-state index is 11.7. The van der Waals surface area contributed by atoms with Crippen LogP contribution in [-0.4, -0.2) is 13.1 Å². The van der Waals surface area contributed by atoms with Crippen LogP contribution in [-0.2, 0) is 9.53 Å². The normalized spacial score (nSPS) is 13.1. The summed E-state index contributed by atoms with van der Waals surface area (Å²) in [6.07, 6.45) is 10.3. The van der Waals surface area contributed by atoms with Crippen LogP contribution in [0.1, 0.15) is 45.1 Å². The molecule has 0 saturated carbocycles. The van der Waals surface area contributed by atoms with E-state index in [0.29, 0.717) is 0 Å². The monoisotopic (exact) mass is 312 g/mol. The van der Waals surface area contributed by atoms with Crippen molar-refractivity contribution in [2.75, 3.05) is 7.11 Å². The molecule has 0 saturated heterocycles. The summed E-state index contributed by atoms with van der Waals surface area (Å²) in [6, 6.07) is 10.3. The Hall–Kier alpha value is -2.09. The SMILES string of the molecule is C=C(C)C(CC/C(C)=C/CC/C=C/c1ccccc1)C(=O)OC. The highest BCUT2D eigenvalue weighted by atomic mass is 16.5. The first-order valence-corrected chi connectivity index (χ1v) is 8.15. The van der Waals surface area contributed by atoms with Crippen molar-refractivity contribution >= 4 is 12.0 Å². The maximum atomic E-state index is 11.7. The highest BCUT2D eigenvalue weighted by Crippen LogP contribution is 2.20. The second-order valence-electron chi connectivity index (χ2n) is 5.90. The number of carbonyl (C=O) groups is 1. The molecule has 1 atom stereocenters. The van der Waals surface area contributed by atoms with Gasteiger partial charge in [0.15, 0.2) is 0 Å². The number of benzene rings is 1. The van der Waals surface area contributed by atoms with Gasteiger partial charge in [-0.25, -0.2) is 0 Å². The quantitative estimate of drug-likeness (QED) is 0.338. The van der Waals surface area contributed by atoms with Crippen LogP contribution >= 0.6 is 0 Å². The van der Waals surface area contributed by atoms with E-state index < -0.39 is 0 Å². The van der Waals surface area contributed by atoms with Gasteiger partial charge >= 0.3 is 5.97 Å². The molecule has 1 aromatic rings. The van der Waals surface area contributed by atoms with Crippen LogP contribution in [0.2, 0.25) is 0 Å². The van der Waals surface area contributed by atoms with Gasteiger partial charge in [-0.1, -0.05) is 66.3 Å². The van der Waals surface area contributed by atoms with Crippen LogP contribution in [0.4, 0.5) is 0 Å². The van der Waals surface area contributed by atoms with Gasteiger partial charge in [0.1, 0.15) is 0 Å². The van der Waals surface area contributed by atoms with E-state index in [1.165, 1.54) is 18.2 Å². The second-order valence-corrected chi connectivity index (χ2v) is 5.90. The molecule has 0 bridgehead atoms. The minimum atomic E-state index is -0.193. The number of hydrogen-bond acceptors (Lipinski definition) is 2. The molecule has 0 aliphatic rings. The van der Waals surface area contributed by atoms with Gasteiger partial charge in [0.05, 0.1) is 13.0 Å². The summed E-state index contributed by atoms with van der Waals surface area (Å²) < 4.78 is 4.83. The number of hydrogen-bond donors (Lipinski definition) is 0. The molecule has 1 rings (SSSR count). The third kappa shape index (κ3) is 7.64. The van der Waals surface area contributed by atoms with Gasteiger partial charge in [-0.05, 0) is 45.1 Å². The second kappa shape index (κ2) is 10.6. The zero-order valence-corrected chi connectivity index (χ0v) is 14.5.